The molecule has 0 saturated carbocycles. The van der Waals surface area contributed by atoms with Crippen LogP contribution in [0.3, 0.4) is 0 Å². The average molecular weight is 570 g/mol. The minimum absolute atomic E-state index is 0.711. The molecule has 1 heterocycles. The molecule has 2 aliphatic carbocycles. The van der Waals surface area contributed by atoms with Crippen molar-refractivity contribution >= 4 is 40.5 Å². The average Bonchev–Trinajstić information content (AvgIpc) is 3.38. The summed E-state index contributed by atoms with van der Waals surface area (Å²) in [4.78, 5) is 0.711. The van der Waals surface area contributed by atoms with Crippen LogP contribution in [-0.2, 0) is 6.42 Å². The Morgan fingerprint density at radius 1 is 1.02 bits per heavy atom. The molecule has 0 amide bonds. The molecule has 0 fully saturated rings. The van der Waals surface area contributed by atoms with Gasteiger partial charge in [-0.3, -0.25) is 0 Å². The van der Waals surface area contributed by atoms with E-state index in [1.54, 1.807) is 6.08 Å². The van der Waals surface area contributed by atoms with Crippen LogP contribution in [0.15, 0.2) is 108 Å². The molecule has 1 N–H and O–H groups in total. The van der Waals surface area contributed by atoms with E-state index in [-0.39, 0.29) is 0 Å². The van der Waals surface area contributed by atoms with Gasteiger partial charge >= 0.3 is 0 Å². The molecule has 0 radical (unpaired) electrons. The van der Waals surface area contributed by atoms with Crippen molar-refractivity contribution in [3.63, 3.8) is 0 Å². The summed E-state index contributed by atoms with van der Waals surface area (Å²) in [5.41, 5.74) is 12.4. The predicted octanol–water partition coefficient (Wildman–Crippen LogP) is 10.5. The van der Waals surface area contributed by atoms with E-state index >= 15 is 0 Å². The number of hydrogen-bond donors (Lipinski definition) is 1. The zero-order valence-corrected chi connectivity index (χ0v) is 25.7. The molecule has 0 spiro atoms. The van der Waals surface area contributed by atoms with Crippen LogP contribution < -0.4 is 5.32 Å². The van der Waals surface area contributed by atoms with Crippen LogP contribution in [0.25, 0.3) is 17.7 Å². The van der Waals surface area contributed by atoms with E-state index in [2.05, 4.69) is 111 Å². The van der Waals surface area contributed by atoms with Crippen LogP contribution in [0.5, 0.6) is 0 Å². The van der Waals surface area contributed by atoms with Gasteiger partial charge in [-0.25, -0.2) is 0 Å². The topological polar surface area (TPSA) is 25.2 Å². The van der Waals surface area contributed by atoms with Crippen molar-refractivity contribution < 1.29 is 4.42 Å². The molecule has 5 rings (SSSR count). The van der Waals surface area contributed by atoms with Gasteiger partial charge in [0.25, 0.3) is 0 Å². The van der Waals surface area contributed by atoms with Gasteiger partial charge in [-0.1, -0.05) is 116 Å². The number of fused-ring (bicyclic) bond motifs is 1. The minimum atomic E-state index is 0.711. The van der Waals surface area contributed by atoms with E-state index in [0.29, 0.717) is 4.86 Å². The molecule has 0 bridgehead atoms. The van der Waals surface area contributed by atoms with Gasteiger partial charge in [-0.05, 0) is 90.6 Å². The molecular weight excluding hydrogens is 531 g/mol. The summed E-state index contributed by atoms with van der Waals surface area (Å²) in [6.45, 7) is 15.2. The molecule has 212 valence electrons. The van der Waals surface area contributed by atoms with Crippen molar-refractivity contribution in [1.29, 1.82) is 0 Å². The highest BCUT2D eigenvalue weighted by Gasteiger charge is 2.24. The summed E-state index contributed by atoms with van der Waals surface area (Å²) in [6, 6.07) is 12.9. The number of furan rings is 1. The first-order chi connectivity index (χ1) is 20.4. The lowest BCUT2D eigenvalue weighted by atomic mass is 9.88. The highest BCUT2D eigenvalue weighted by Crippen LogP contribution is 2.36. The third kappa shape index (κ3) is 6.32. The Kier molecular flexibility index (Phi) is 9.19. The number of aryl methyl sites for hydroxylation is 1. The number of allylic oxidation sites excluding steroid dienone is 7. The van der Waals surface area contributed by atoms with E-state index < -0.39 is 0 Å². The van der Waals surface area contributed by atoms with Crippen molar-refractivity contribution in [2.24, 2.45) is 0 Å². The first-order valence-corrected chi connectivity index (χ1v) is 15.1. The van der Waals surface area contributed by atoms with Crippen LogP contribution >= 0.6 is 12.2 Å². The fraction of sp³-hybridized carbons (Fsp3) is 0.205. The predicted molar refractivity (Wildman–Crippen MR) is 185 cm³/mol. The normalized spacial score (nSPS) is 14.5. The highest BCUT2D eigenvalue weighted by molar-refractivity contribution is 7.81. The van der Waals surface area contributed by atoms with Crippen LogP contribution in [0, 0.1) is 13.8 Å². The maximum Gasteiger partial charge on any atom is 0.169 e. The summed E-state index contributed by atoms with van der Waals surface area (Å²) in [6.07, 6.45) is 23.2. The summed E-state index contributed by atoms with van der Waals surface area (Å²) >= 11 is 6.15. The standard InChI is InChI=1S/C39H39NOS/c1-6-7-16-30-21-22-33(28(5)27(30)4)35(23-26(2)3)31-17-13-18-32(24-31)39(42)38-37(34-19-11-12-20-36(34)41-38)40-25-29-14-9-8-10-15-29/h6-7,9,11,13-19,21-24,40H,1-2,8,10,12,20,25H2,3-5H3/b16-7-,35-23-. The lowest BCUT2D eigenvalue weighted by molar-refractivity contribution is 0.502. The largest absolute Gasteiger partial charge is 0.457 e. The van der Waals surface area contributed by atoms with Gasteiger partial charge in [0.15, 0.2) is 5.76 Å². The molecule has 0 atom stereocenters. The molecular formula is C39H39NOS. The van der Waals surface area contributed by atoms with Crippen molar-refractivity contribution in [1.82, 2.24) is 0 Å². The molecule has 1 aromatic heterocycles. The number of anilines is 1. The molecule has 0 aliphatic heterocycles. The van der Waals surface area contributed by atoms with Gasteiger partial charge < -0.3 is 9.73 Å². The third-order valence-corrected chi connectivity index (χ3v) is 8.37. The summed E-state index contributed by atoms with van der Waals surface area (Å²) in [5.74, 6) is 1.75. The fourth-order valence-electron chi connectivity index (χ4n) is 5.60. The first kappa shape index (κ1) is 29.3. The van der Waals surface area contributed by atoms with Crippen LogP contribution in [0.4, 0.5) is 5.69 Å². The van der Waals surface area contributed by atoms with Crippen molar-refractivity contribution in [2.75, 3.05) is 11.9 Å². The Hall–Kier alpha value is -4.21. The van der Waals surface area contributed by atoms with Crippen LogP contribution in [0.1, 0.15) is 76.7 Å². The van der Waals surface area contributed by atoms with Crippen LogP contribution in [-0.4, -0.2) is 11.4 Å². The van der Waals surface area contributed by atoms with Gasteiger partial charge in [-0.2, -0.15) is 0 Å². The second-order valence-electron chi connectivity index (χ2n) is 11.1. The van der Waals surface area contributed by atoms with E-state index in [1.807, 2.05) is 13.0 Å². The van der Waals surface area contributed by atoms with E-state index in [0.717, 1.165) is 77.3 Å². The number of rotatable bonds is 10. The Balaban J connectivity index is 1.53. The Morgan fingerprint density at radius 3 is 2.60 bits per heavy atom. The molecule has 2 nitrogen and oxygen atoms in total. The number of nitrogens with one attached hydrogen (secondary N) is 1. The second-order valence-corrected chi connectivity index (χ2v) is 11.5. The Bertz CT molecular complexity index is 1700. The number of benzene rings is 2. The maximum absolute atomic E-state index is 6.49. The molecule has 3 heteroatoms. The van der Waals surface area contributed by atoms with Crippen molar-refractivity contribution in [2.45, 2.75) is 46.5 Å². The molecule has 2 aliphatic rings. The van der Waals surface area contributed by atoms with Gasteiger partial charge in [0.05, 0.1) is 10.6 Å². The lowest BCUT2D eigenvalue weighted by Gasteiger charge is -2.17. The number of hydrogen-bond acceptors (Lipinski definition) is 3. The van der Waals surface area contributed by atoms with Gasteiger partial charge in [0, 0.05) is 18.5 Å². The summed E-state index contributed by atoms with van der Waals surface area (Å²) in [7, 11) is 0. The van der Waals surface area contributed by atoms with Crippen LogP contribution in [0.2, 0.25) is 0 Å². The molecule has 2 aromatic carbocycles. The molecule has 0 saturated heterocycles. The molecule has 0 unspecified atom stereocenters. The fourth-order valence-corrected chi connectivity index (χ4v) is 5.87. The maximum atomic E-state index is 6.49. The van der Waals surface area contributed by atoms with E-state index in [4.69, 9.17) is 16.6 Å². The van der Waals surface area contributed by atoms with Gasteiger partial charge in [0.1, 0.15) is 5.76 Å². The van der Waals surface area contributed by atoms with Gasteiger partial charge in [-0.15, -0.1) is 0 Å². The number of thiocarbonyl (C=S) groups is 1. The minimum Gasteiger partial charge on any atom is -0.457 e. The van der Waals surface area contributed by atoms with E-state index in [1.165, 1.54) is 27.8 Å². The SMILES string of the molecule is C=C/C=C\c1ccc(/C(=C\C(=C)C)c2cccc(C(=S)c3oc4c(c3NCC3=CCCC=C3)C=CCC4)c2)c(C)c1C. The molecule has 42 heavy (non-hydrogen) atoms. The summed E-state index contributed by atoms with van der Waals surface area (Å²) in [5, 5.41) is 3.68. The molecule has 3 aromatic rings. The highest BCUT2D eigenvalue weighted by atomic mass is 32.1. The smallest absolute Gasteiger partial charge is 0.169 e. The Morgan fingerprint density at radius 2 is 1.83 bits per heavy atom. The monoisotopic (exact) mass is 569 g/mol. The quantitative estimate of drug-likeness (QED) is 0.149. The van der Waals surface area contributed by atoms with Crippen molar-refractivity contribution in [3.8, 4) is 0 Å². The van der Waals surface area contributed by atoms with E-state index in [9.17, 15) is 0 Å². The second kappa shape index (κ2) is 13.2. The zero-order valence-electron chi connectivity index (χ0n) is 24.9. The Labute approximate surface area is 256 Å². The first-order valence-electron chi connectivity index (χ1n) is 14.7. The van der Waals surface area contributed by atoms with Gasteiger partial charge in [0.2, 0.25) is 0 Å². The lowest BCUT2D eigenvalue weighted by Crippen LogP contribution is -2.09. The summed E-state index contributed by atoms with van der Waals surface area (Å²) < 4.78 is 6.49. The van der Waals surface area contributed by atoms with Crippen molar-refractivity contribution in [3.05, 3.63) is 154 Å². The third-order valence-electron chi connectivity index (χ3n) is 7.95. The zero-order chi connectivity index (χ0) is 29.6.